The van der Waals surface area contributed by atoms with Crippen molar-refractivity contribution in [2.75, 3.05) is 33.4 Å². The van der Waals surface area contributed by atoms with Gasteiger partial charge >= 0.3 is 0 Å². The fourth-order valence-corrected chi connectivity index (χ4v) is 3.84. The minimum absolute atomic E-state index is 0.0875. The number of carbonyl (C=O) groups is 1. The molecule has 1 aromatic heterocycles. The summed E-state index contributed by atoms with van der Waals surface area (Å²) in [5.41, 5.74) is 0.889. The van der Waals surface area contributed by atoms with Crippen molar-refractivity contribution in [1.29, 1.82) is 0 Å². The summed E-state index contributed by atoms with van der Waals surface area (Å²) in [6, 6.07) is -0.0344. The Hall–Kier alpha value is -1.70. The molecule has 0 bridgehead atoms. The number of likely N-dealkylation sites (N-methyl/N-ethyl adjacent to an activating group) is 1. The molecule has 138 valence electrons. The average molecular weight is 348 g/mol. The molecule has 25 heavy (non-hydrogen) atoms. The highest BCUT2D eigenvalue weighted by Gasteiger charge is 2.38. The average Bonchev–Trinajstić information content (AvgIpc) is 3.05. The minimum Gasteiger partial charge on any atom is -0.389 e. The van der Waals surface area contributed by atoms with E-state index in [1.807, 2.05) is 13.2 Å². The van der Waals surface area contributed by atoms with Gasteiger partial charge in [0.15, 0.2) is 0 Å². The number of aliphatic hydroxyl groups is 1. The van der Waals surface area contributed by atoms with E-state index in [-0.39, 0.29) is 18.0 Å². The summed E-state index contributed by atoms with van der Waals surface area (Å²) in [4.78, 5) is 16.5. The van der Waals surface area contributed by atoms with Crippen molar-refractivity contribution < 1.29 is 14.6 Å². The number of morpholine rings is 1. The van der Waals surface area contributed by atoms with Crippen LogP contribution >= 0.6 is 0 Å². The number of ether oxygens (including phenoxy) is 1. The third-order valence-electron chi connectivity index (χ3n) is 5.29. The maximum absolute atomic E-state index is 12.5. The smallest absolute Gasteiger partial charge is 0.246 e. The lowest BCUT2D eigenvalue weighted by Gasteiger charge is -2.45. The van der Waals surface area contributed by atoms with Gasteiger partial charge < -0.3 is 14.7 Å². The molecule has 2 aliphatic rings. The Bertz CT molecular complexity index is 609. The first-order valence-electron chi connectivity index (χ1n) is 8.99. The van der Waals surface area contributed by atoms with E-state index in [2.05, 4.69) is 10.00 Å². The van der Waals surface area contributed by atoms with Gasteiger partial charge in [-0.25, -0.2) is 0 Å². The van der Waals surface area contributed by atoms with E-state index in [0.717, 1.165) is 51.1 Å². The van der Waals surface area contributed by atoms with E-state index < -0.39 is 6.10 Å². The quantitative estimate of drug-likeness (QED) is 0.803. The topological polar surface area (TPSA) is 70.8 Å². The van der Waals surface area contributed by atoms with E-state index >= 15 is 0 Å². The normalized spacial score (nSPS) is 28.4. The van der Waals surface area contributed by atoms with Crippen LogP contribution in [-0.2, 0) is 16.6 Å². The van der Waals surface area contributed by atoms with Gasteiger partial charge in [-0.15, -0.1) is 0 Å². The van der Waals surface area contributed by atoms with Crippen LogP contribution in [0.25, 0.3) is 6.08 Å². The monoisotopic (exact) mass is 348 g/mol. The number of aromatic nitrogens is 2. The van der Waals surface area contributed by atoms with E-state index in [9.17, 15) is 9.90 Å². The minimum atomic E-state index is -0.521. The second-order valence-corrected chi connectivity index (χ2v) is 6.93. The van der Waals surface area contributed by atoms with Crippen LogP contribution in [0, 0.1) is 0 Å². The molecule has 1 aliphatic carbocycles. The predicted octanol–water partition coefficient (Wildman–Crippen LogP) is 0.506. The molecule has 0 aromatic carbocycles. The molecule has 0 radical (unpaired) electrons. The zero-order valence-electron chi connectivity index (χ0n) is 15.0. The third-order valence-corrected chi connectivity index (χ3v) is 5.29. The second kappa shape index (κ2) is 8.12. The molecule has 3 rings (SSSR count). The standard InChI is InChI=1S/C18H28N4O3/c1-20-13-14(12-19-20)6-7-17(23)21(2)15-4-3-5-16(18(15)24)22-8-10-25-11-9-22/h6-7,12-13,15-16,18,24H,3-5,8-11H2,1-2H3/b7-6+/t15-,16-,18-/m1/s1. The summed E-state index contributed by atoms with van der Waals surface area (Å²) in [5, 5.41) is 15.0. The van der Waals surface area contributed by atoms with E-state index in [4.69, 9.17) is 4.74 Å². The molecule has 1 aromatic rings. The van der Waals surface area contributed by atoms with Gasteiger partial charge in [-0.05, 0) is 25.3 Å². The number of nitrogens with zero attached hydrogens (tertiary/aromatic N) is 4. The van der Waals surface area contributed by atoms with E-state index in [1.165, 1.54) is 0 Å². The Balaban J connectivity index is 1.62. The molecule has 2 heterocycles. The number of carbonyl (C=O) groups excluding carboxylic acids is 1. The lowest BCUT2D eigenvalue weighted by atomic mass is 9.86. The van der Waals surface area contributed by atoms with Crippen molar-refractivity contribution in [3.05, 3.63) is 24.0 Å². The van der Waals surface area contributed by atoms with Crippen molar-refractivity contribution in [2.24, 2.45) is 7.05 Å². The van der Waals surface area contributed by atoms with Crippen molar-refractivity contribution in [3.63, 3.8) is 0 Å². The highest BCUT2D eigenvalue weighted by molar-refractivity contribution is 5.91. The zero-order chi connectivity index (χ0) is 17.8. The largest absolute Gasteiger partial charge is 0.389 e. The van der Waals surface area contributed by atoms with E-state index in [1.54, 1.807) is 35.0 Å². The number of aliphatic hydroxyl groups excluding tert-OH is 1. The van der Waals surface area contributed by atoms with Crippen molar-refractivity contribution in [1.82, 2.24) is 19.6 Å². The van der Waals surface area contributed by atoms with Crippen LogP contribution in [0.15, 0.2) is 18.5 Å². The summed E-state index contributed by atoms with van der Waals surface area (Å²) in [6.45, 7) is 3.15. The molecule has 1 N–H and O–H groups in total. The Labute approximate surface area is 148 Å². The molecular weight excluding hydrogens is 320 g/mol. The Morgan fingerprint density at radius 2 is 2.16 bits per heavy atom. The molecule has 2 fully saturated rings. The first-order chi connectivity index (χ1) is 12.1. The zero-order valence-corrected chi connectivity index (χ0v) is 15.0. The summed E-state index contributed by atoms with van der Waals surface area (Å²) in [6.07, 6.45) is 9.21. The van der Waals surface area contributed by atoms with Gasteiger partial charge in [-0.3, -0.25) is 14.4 Å². The first-order valence-corrected chi connectivity index (χ1v) is 8.99. The highest BCUT2D eigenvalue weighted by Crippen LogP contribution is 2.27. The van der Waals surface area contributed by atoms with E-state index in [0.29, 0.717) is 0 Å². The molecule has 7 heteroatoms. The van der Waals surface area contributed by atoms with Gasteiger partial charge in [-0.2, -0.15) is 5.10 Å². The molecule has 1 saturated heterocycles. The SMILES string of the molecule is CN(C(=O)/C=C/c1cnn(C)c1)[C@@H]1CCC[C@@H](N2CCOCC2)[C@@H]1O. The Morgan fingerprint density at radius 3 is 2.84 bits per heavy atom. The molecule has 3 atom stereocenters. The van der Waals surface area contributed by atoms with Crippen molar-refractivity contribution >= 4 is 12.0 Å². The Morgan fingerprint density at radius 1 is 1.40 bits per heavy atom. The number of hydrogen-bond donors (Lipinski definition) is 1. The fraction of sp³-hybridized carbons (Fsp3) is 0.667. The van der Waals surface area contributed by atoms with Crippen LogP contribution in [-0.4, -0.2) is 82.1 Å². The second-order valence-electron chi connectivity index (χ2n) is 6.93. The van der Waals surface area contributed by atoms with Gasteiger partial charge in [0.1, 0.15) is 0 Å². The summed E-state index contributed by atoms with van der Waals surface area (Å²) >= 11 is 0. The molecule has 0 unspecified atom stereocenters. The number of aryl methyl sites for hydroxylation is 1. The van der Waals surface area contributed by atoms with Crippen LogP contribution in [0.4, 0.5) is 0 Å². The molecule has 1 amide bonds. The summed E-state index contributed by atoms with van der Waals surface area (Å²) < 4.78 is 7.11. The lowest BCUT2D eigenvalue weighted by molar-refractivity contribution is -0.133. The van der Waals surface area contributed by atoms with Crippen molar-refractivity contribution in [2.45, 2.75) is 37.5 Å². The fourth-order valence-electron chi connectivity index (χ4n) is 3.84. The molecular formula is C18H28N4O3. The molecule has 1 aliphatic heterocycles. The van der Waals surface area contributed by atoms with Crippen molar-refractivity contribution in [3.8, 4) is 0 Å². The van der Waals surface area contributed by atoms with Crippen LogP contribution in [0.1, 0.15) is 24.8 Å². The maximum Gasteiger partial charge on any atom is 0.246 e. The molecule has 7 nitrogen and oxygen atoms in total. The maximum atomic E-state index is 12.5. The van der Waals surface area contributed by atoms with Crippen LogP contribution < -0.4 is 0 Å². The van der Waals surface area contributed by atoms with Gasteiger partial charge in [0, 0.05) is 51.1 Å². The predicted molar refractivity (Wildman–Crippen MR) is 94.8 cm³/mol. The van der Waals surface area contributed by atoms with Gasteiger partial charge in [0.2, 0.25) is 5.91 Å². The summed E-state index contributed by atoms with van der Waals surface area (Å²) in [5.74, 6) is -0.0875. The van der Waals surface area contributed by atoms with Gasteiger partial charge in [-0.1, -0.05) is 0 Å². The lowest BCUT2D eigenvalue weighted by Crippen LogP contribution is -2.58. The molecule has 0 spiro atoms. The van der Waals surface area contributed by atoms with Crippen LogP contribution in [0.5, 0.6) is 0 Å². The number of amides is 1. The third kappa shape index (κ3) is 4.29. The van der Waals surface area contributed by atoms with Crippen LogP contribution in [0.3, 0.4) is 0 Å². The number of rotatable bonds is 4. The Kier molecular flexibility index (Phi) is 5.88. The highest BCUT2D eigenvalue weighted by atomic mass is 16.5. The van der Waals surface area contributed by atoms with Gasteiger partial charge in [0.25, 0.3) is 0 Å². The van der Waals surface area contributed by atoms with Crippen LogP contribution in [0.2, 0.25) is 0 Å². The van der Waals surface area contributed by atoms with Gasteiger partial charge in [0.05, 0.1) is 31.6 Å². The molecule has 1 saturated carbocycles. The summed E-state index contributed by atoms with van der Waals surface area (Å²) in [7, 11) is 3.63. The number of hydrogen-bond acceptors (Lipinski definition) is 5. The first kappa shape index (κ1) is 18.1.